The molecule has 0 atom stereocenters. The van der Waals surface area contributed by atoms with Crippen molar-refractivity contribution in [3.63, 3.8) is 0 Å². The highest BCUT2D eigenvalue weighted by atomic mass is 35.5. The molecule has 0 aliphatic heterocycles. The molecule has 5 nitrogen and oxygen atoms in total. The molecule has 1 amide bonds. The summed E-state index contributed by atoms with van der Waals surface area (Å²) < 4.78 is 5.24. The van der Waals surface area contributed by atoms with E-state index in [0.717, 1.165) is 5.69 Å². The van der Waals surface area contributed by atoms with Crippen molar-refractivity contribution in [3.8, 4) is 5.75 Å². The van der Waals surface area contributed by atoms with Gasteiger partial charge in [0.05, 0.1) is 40.3 Å². The Hall–Kier alpha value is -2.76. The lowest BCUT2D eigenvalue weighted by Crippen LogP contribution is -2.13. The fourth-order valence-corrected chi connectivity index (χ4v) is 2.61. The lowest BCUT2D eigenvalue weighted by Gasteiger charge is -2.11. The standard InChI is InChI=1S/C19H15Cl2N3O2/c1-26-18-5-3-2-4-17(18)24-19(25)12-8-14(11-22-10-12)23-13-6-7-15(20)16(21)9-13/h2-11,23H,1H3,(H,24,25). The molecule has 1 heterocycles. The Morgan fingerprint density at radius 3 is 2.58 bits per heavy atom. The summed E-state index contributed by atoms with van der Waals surface area (Å²) in [6.07, 6.45) is 3.10. The number of pyridine rings is 1. The molecule has 0 fully saturated rings. The number of anilines is 3. The van der Waals surface area contributed by atoms with Gasteiger partial charge in [0.25, 0.3) is 5.91 Å². The highest BCUT2D eigenvalue weighted by molar-refractivity contribution is 6.42. The highest BCUT2D eigenvalue weighted by Crippen LogP contribution is 2.27. The van der Waals surface area contributed by atoms with Gasteiger partial charge in [0.15, 0.2) is 0 Å². The molecule has 0 aliphatic rings. The van der Waals surface area contributed by atoms with Crippen molar-refractivity contribution in [2.75, 3.05) is 17.7 Å². The van der Waals surface area contributed by atoms with Gasteiger partial charge in [-0.2, -0.15) is 0 Å². The van der Waals surface area contributed by atoms with E-state index in [4.69, 9.17) is 27.9 Å². The number of halogens is 2. The maximum Gasteiger partial charge on any atom is 0.257 e. The first kappa shape index (κ1) is 18.0. The number of hydrogen-bond donors (Lipinski definition) is 2. The zero-order chi connectivity index (χ0) is 18.5. The number of carbonyl (C=O) groups excluding carboxylic acids is 1. The summed E-state index contributed by atoms with van der Waals surface area (Å²) in [6, 6.07) is 14.1. The van der Waals surface area contributed by atoms with Gasteiger partial charge in [-0.05, 0) is 36.4 Å². The molecule has 0 spiro atoms. The van der Waals surface area contributed by atoms with Crippen molar-refractivity contribution < 1.29 is 9.53 Å². The summed E-state index contributed by atoms with van der Waals surface area (Å²) in [6.45, 7) is 0. The highest BCUT2D eigenvalue weighted by Gasteiger charge is 2.11. The molecule has 0 saturated heterocycles. The molecule has 2 aromatic carbocycles. The number of carbonyl (C=O) groups is 1. The predicted octanol–water partition coefficient (Wildman–Crippen LogP) is 5.39. The maximum absolute atomic E-state index is 12.5. The van der Waals surface area contributed by atoms with Gasteiger partial charge in [-0.1, -0.05) is 35.3 Å². The molecule has 2 N–H and O–H groups in total. The van der Waals surface area contributed by atoms with Crippen LogP contribution < -0.4 is 15.4 Å². The van der Waals surface area contributed by atoms with E-state index in [1.54, 1.807) is 49.7 Å². The predicted molar refractivity (Wildman–Crippen MR) is 105 cm³/mol. The smallest absolute Gasteiger partial charge is 0.257 e. The quantitative estimate of drug-likeness (QED) is 0.615. The van der Waals surface area contributed by atoms with E-state index in [0.29, 0.717) is 32.7 Å². The van der Waals surface area contributed by atoms with Gasteiger partial charge >= 0.3 is 0 Å². The van der Waals surface area contributed by atoms with Crippen molar-refractivity contribution in [1.29, 1.82) is 0 Å². The third-order valence-electron chi connectivity index (χ3n) is 3.56. The van der Waals surface area contributed by atoms with E-state index < -0.39 is 0 Å². The molecule has 132 valence electrons. The molecule has 0 saturated carbocycles. The fourth-order valence-electron chi connectivity index (χ4n) is 2.32. The van der Waals surface area contributed by atoms with Gasteiger partial charge in [0.1, 0.15) is 5.75 Å². The Morgan fingerprint density at radius 1 is 1.00 bits per heavy atom. The van der Waals surface area contributed by atoms with Crippen LogP contribution in [0.3, 0.4) is 0 Å². The number of nitrogens with one attached hydrogen (secondary N) is 2. The van der Waals surface area contributed by atoms with Gasteiger partial charge in [-0.3, -0.25) is 9.78 Å². The lowest BCUT2D eigenvalue weighted by molar-refractivity contribution is 0.102. The van der Waals surface area contributed by atoms with Crippen LogP contribution in [0.5, 0.6) is 5.75 Å². The molecular weight excluding hydrogens is 373 g/mol. The summed E-state index contributed by atoms with van der Waals surface area (Å²) in [5, 5.41) is 6.87. The Labute approximate surface area is 160 Å². The summed E-state index contributed by atoms with van der Waals surface area (Å²) in [5.74, 6) is 0.290. The first-order valence-corrected chi connectivity index (χ1v) is 8.44. The Kier molecular flexibility index (Phi) is 5.61. The summed E-state index contributed by atoms with van der Waals surface area (Å²) in [4.78, 5) is 16.6. The number of nitrogens with zero attached hydrogens (tertiary/aromatic N) is 1. The third-order valence-corrected chi connectivity index (χ3v) is 4.30. The van der Waals surface area contributed by atoms with Crippen LogP contribution in [0.1, 0.15) is 10.4 Å². The molecule has 26 heavy (non-hydrogen) atoms. The van der Waals surface area contributed by atoms with Gasteiger partial charge in [0.2, 0.25) is 0 Å². The molecule has 0 bridgehead atoms. The van der Waals surface area contributed by atoms with Crippen LogP contribution in [0.15, 0.2) is 60.9 Å². The minimum Gasteiger partial charge on any atom is -0.495 e. The van der Waals surface area contributed by atoms with Crippen LogP contribution in [0.2, 0.25) is 10.0 Å². The first-order chi connectivity index (χ1) is 12.6. The minimum absolute atomic E-state index is 0.292. The second-order valence-corrected chi connectivity index (χ2v) is 6.18. The van der Waals surface area contributed by atoms with Crippen LogP contribution >= 0.6 is 23.2 Å². The number of benzene rings is 2. The largest absolute Gasteiger partial charge is 0.495 e. The Morgan fingerprint density at radius 2 is 1.81 bits per heavy atom. The number of hydrogen-bond acceptors (Lipinski definition) is 4. The molecule has 3 aromatic rings. The van der Waals surface area contributed by atoms with Crippen molar-refractivity contribution >= 4 is 46.2 Å². The van der Waals surface area contributed by atoms with Crippen LogP contribution in [0, 0.1) is 0 Å². The van der Waals surface area contributed by atoms with E-state index in [2.05, 4.69) is 15.6 Å². The second kappa shape index (κ2) is 8.08. The van der Waals surface area contributed by atoms with Crippen molar-refractivity contribution in [3.05, 3.63) is 76.5 Å². The van der Waals surface area contributed by atoms with Crippen molar-refractivity contribution in [1.82, 2.24) is 4.98 Å². The van der Waals surface area contributed by atoms with Crippen LogP contribution in [-0.4, -0.2) is 18.0 Å². The van der Waals surface area contributed by atoms with Crippen molar-refractivity contribution in [2.45, 2.75) is 0 Å². The SMILES string of the molecule is COc1ccccc1NC(=O)c1cncc(Nc2ccc(Cl)c(Cl)c2)c1. The topological polar surface area (TPSA) is 63.2 Å². The number of amides is 1. The monoisotopic (exact) mass is 387 g/mol. The average Bonchev–Trinajstić information content (AvgIpc) is 2.65. The van der Waals surface area contributed by atoms with E-state index in [1.807, 2.05) is 12.1 Å². The fraction of sp³-hybridized carbons (Fsp3) is 0.0526. The van der Waals surface area contributed by atoms with E-state index in [9.17, 15) is 4.79 Å². The normalized spacial score (nSPS) is 10.3. The summed E-state index contributed by atoms with van der Waals surface area (Å²) in [5.41, 5.74) is 2.38. The van der Waals surface area contributed by atoms with E-state index in [1.165, 1.54) is 6.20 Å². The number of methoxy groups -OCH3 is 1. The van der Waals surface area contributed by atoms with Crippen LogP contribution in [0.25, 0.3) is 0 Å². The van der Waals surface area contributed by atoms with Gasteiger partial charge in [0, 0.05) is 11.9 Å². The Balaban J connectivity index is 1.78. The first-order valence-electron chi connectivity index (χ1n) is 7.68. The molecular formula is C19H15Cl2N3O2. The van der Waals surface area contributed by atoms with E-state index >= 15 is 0 Å². The molecule has 0 unspecified atom stereocenters. The maximum atomic E-state index is 12.5. The number of rotatable bonds is 5. The minimum atomic E-state index is -0.292. The molecule has 0 aliphatic carbocycles. The zero-order valence-electron chi connectivity index (χ0n) is 13.8. The number of aromatic nitrogens is 1. The van der Waals surface area contributed by atoms with Gasteiger partial charge < -0.3 is 15.4 Å². The van der Waals surface area contributed by atoms with Crippen molar-refractivity contribution in [2.24, 2.45) is 0 Å². The third kappa shape index (κ3) is 4.25. The molecule has 3 rings (SSSR count). The van der Waals surface area contributed by atoms with Gasteiger partial charge in [-0.15, -0.1) is 0 Å². The number of para-hydroxylation sites is 2. The van der Waals surface area contributed by atoms with Crippen LogP contribution in [0.4, 0.5) is 17.1 Å². The lowest BCUT2D eigenvalue weighted by atomic mass is 10.2. The summed E-state index contributed by atoms with van der Waals surface area (Å²) >= 11 is 11.9. The Bertz CT molecular complexity index is 948. The molecule has 7 heteroatoms. The van der Waals surface area contributed by atoms with Crippen LogP contribution in [-0.2, 0) is 0 Å². The number of ether oxygens (including phenoxy) is 1. The summed E-state index contributed by atoms with van der Waals surface area (Å²) in [7, 11) is 1.55. The second-order valence-electron chi connectivity index (χ2n) is 5.37. The average molecular weight is 388 g/mol. The molecule has 0 radical (unpaired) electrons. The van der Waals surface area contributed by atoms with E-state index in [-0.39, 0.29) is 5.91 Å². The zero-order valence-corrected chi connectivity index (χ0v) is 15.3. The molecule has 1 aromatic heterocycles. The van der Waals surface area contributed by atoms with Gasteiger partial charge in [-0.25, -0.2) is 0 Å².